The second kappa shape index (κ2) is 5.20. The molecular formula is C13H20N4O. The zero-order valence-electron chi connectivity index (χ0n) is 10.9. The lowest BCUT2D eigenvalue weighted by molar-refractivity contribution is 0.120. The van der Waals surface area contributed by atoms with Crippen molar-refractivity contribution in [3.05, 3.63) is 17.5 Å². The van der Waals surface area contributed by atoms with Crippen LogP contribution in [0.3, 0.4) is 0 Å². The molecule has 0 aliphatic carbocycles. The van der Waals surface area contributed by atoms with Gasteiger partial charge in [0.2, 0.25) is 5.95 Å². The zero-order valence-corrected chi connectivity index (χ0v) is 10.9. The molecule has 0 amide bonds. The second-order valence-corrected chi connectivity index (χ2v) is 5.17. The molecule has 0 bridgehead atoms. The van der Waals surface area contributed by atoms with Gasteiger partial charge in [-0.1, -0.05) is 0 Å². The van der Waals surface area contributed by atoms with Crippen molar-refractivity contribution in [1.82, 2.24) is 14.9 Å². The highest BCUT2D eigenvalue weighted by molar-refractivity contribution is 5.31. The summed E-state index contributed by atoms with van der Waals surface area (Å²) in [5.74, 6) is 0.744. The summed E-state index contributed by atoms with van der Waals surface area (Å²) in [5.41, 5.74) is 2.45. The molecule has 3 heterocycles. The molecule has 5 nitrogen and oxygen atoms in total. The van der Waals surface area contributed by atoms with E-state index < -0.39 is 0 Å². The molecule has 0 saturated carbocycles. The quantitative estimate of drug-likeness (QED) is 0.866. The van der Waals surface area contributed by atoms with Gasteiger partial charge in [-0.25, -0.2) is 9.97 Å². The Kier molecular flexibility index (Phi) is 3.43. The first-order valence-corrected chi connectivity index (χ1v) is 6.70. The molecule has 1 saturated heterocycles. The summed E-state index contributed by atoms with van der Waals surface area (Å²) in [7, 11) is 2.13. The Morgan fingerprint density at radius 3 is 3.33 bits per heavy atom. The highest BCUT2D eigenvalue weighted by atomic mass is 16.5. The number of ether oxygens (including phenoxy) is 1. The third kappa shape index (κ3) is 2.62. The van der Waals surface area contributed by atoms with E-state index in [-0.39, 0.29) is 0 Å². The minimum Gasteiger partial charge on any atom is -0.376 e. The molecule has 1 aromatic rings. The third-order valence-electron chi connectivity index (χ3n) is 3.64. The molecule has 1 aromatic heterocycles. The smallest absolute Gasteiger partial charge is 0.222 e. The van der Waals surface area contributed by atoms with Gasteiger partial charge in [0.15, 0.2) is 0 Å². The van der Waals surface area contributed by atoms with Crippen LogP contribution in [0.25, 0.3) is 0 Å². The van der Waals surface area contributed by atoms with Crippen LogP contribution in [-0.4, -0.2) is 47.7 Å². The van der Waals surface area contributed by atoms with Crippen molar-refractivity contribution < 1.29 is 4.74 Å². The fourth-order valence-corrected chi connectivity index (χ4v) is 2.55. The van der Waals surface area contributed by atoms with Gasteiger partial charge in [0.25, 0.3) is 0 Å². The van der Waals surface area contributed by atoms with E-state index in [1.54, 1.807) is 0 Å². The fourth-order valence-electron chi connectivity index (χ4n) is 2.55. The van der Waals surface area contributed by atoms with Gasteiger partial charge < -0.3 is 15.0 Å². The van der Waals surface area contributed by atoms with E-state index in [4.69, 9.17) is 4.74 Å². The van der Waals surface area contributed by atoms with Crippen molar-refractivity contribution in [2.24, 2.45) is 0 Å². The lowest BCUT2D eigenvalue weighted by Crippen LogP contribution is -2.28. The van der Waals surface area contributed by atoms with Crippen molar-refractivity contribution >= 4 is 5.95 Å². The van der Waals surface area contributed by atoms with Crippen LogP contribution < -0.4 is 5.32 Å². The summed E-state index contributed by atoms with van der Waals surface area (Å²) < 4.78 is 5.58. The summed E-state index contributed by atoms with van der Waals surface area (Å²) in [6.45, 7) is 3.75. The van der Waals surface area contributed by atoms with Crippen molar-refractivity contribution in [3.63, 3.8) is 0 Å². The van der Waals surface area contributed by atoms with Crippen molar-refractivity contribution in [2.75, 3.05) is 32.1 Å². The molecule has 5 heteroatoms. The van der Waals surface area contributed by atoms with Gasteiger partial charge in [-0.05, 0) is 19.9 Å². The van der Waals surface area contributed by atoms with Crippen LogP contribution in [0.15, 0.2) is 6.20 Å². The topological polar surface area (TPSA) is 50.3 Å². The van der Waals surface area contributed by atoms with Gasteiger partial charge in [-0.15, -0.1) is 0 Å². The third-order valence-corrected chi connectivity index (χ3v) is 3.64. The van der Waals surface area contributed by atoms with E-state index >= 15 is 0 Å². The number of nitrogens with one attached hydrogen (secondary N) is 1. The van der Waals surface area contributed by atoms with E-state index in [2.05, 4.69) is 27.2 Å². The molecule has 2 aliphatic heterocycles. The molecular weight excluding hydrogens is 228 g/mol. The average molecular weight is 248 g/mol. The first kappa shape index (κ1) is 11.9. The van der Waals surface area contributed by atoms with Crippen LogP contribution in [0.4, 0.5) is 5.95 Å². The van der Waals surface area contributed by atoms with Crippen molar-refractivity contribution in [1.29, 1.82) is 0 Å². The van der Waals surface area contributed by atoms with Gasteiger partial charge in [-0.2, -0.15) is 0 Å². The summed E-state index contributed by atoms with van der Waals surface area (Å²) in [6, 6.07) is 0. The highest BCUT2D eigenvalue weighted by Gasteiger charge is 2.17. The molecule has 0 aromatic carbocycles. The van der Waals surface area contributed by atoms with E-state index in [0.717, 1.165) is 45.0 Å². The highest BCUT2D eigenvalue weighted by Crippen LogP contribution is 2.17. The lowest BCUT2D eigenvalue weighted by atomic mass is 10.1. The van der Waals surface area contributed by atoms with Crippen molar-refractivity contribution in [3.8, 4) is 0 Å². The maximum Gasteiger partial charge on any atom is 0.222 e. The average Bonchev–Trinajstić information content (AvgIpc) is 2.89. The summed E-state index contributed by atoms with van der Waals surface area (Å²) in [4.78, 5) is 11.3. The predicted molar refractivity (Wildman–Crippen MR) is 69.5 cm³/mol. The molecule has 0 spiro atoms. The van der Waals surface area contributed by atoms with E-state index in [1.807, 2.05) is 6.20 Å². The Morgan fingerprint density at radius 1 is 1.56 bits per heavy atom. The molecule has 0 unspecified atom stereocenters. The first-order valence-electron chi connectivity index (χ1n) is 6.70. The second-order valence-electron chi connectivity index (χ2n) is 5.17. The number of likely N-dealkylation sites (N-methyl/N-ethyl adjacent to an activating group) is 1. The number of nitrogens with zero attached hydrogens (tertiary/aromatic N) is 3. The largest absolute Gasteiger partial charge is 0.376 e. The molecule has 1 N–H and O–H groups in total. The van der Waals surface area contributed by atoms with Crippen LogP contribution in [0, 0.1) is 0 Å². The molecule has 1 fully saturated rings. The molecule has 1 atom stereocenters. The van der Waals surface area contributed by atoms with Gasteiger partial charge in [-0.3, -0.25) is 0 Å². The van der Waals surface area contributed by atoms with E-state index in [9.17, 15) is 0 Å². The Balaban J connectivity index is 1.63. The molecule has 3 rings (SSSR count). The molecule has 18 heavy (non-hydrogen) atoms. The van der Waals surface area contributed by atoms with Crippen LogP contribution in [-0.2, 0) is 17.7 Å². The van der Waals surface area contributed by atoms with Gasteiger partial charge in [0.1, 0.15) is 0 Å². The van der Waals surface area contributed by atoms with Gasteiger partial charge in [0.05, 0.1) is 11.8 Å². The standard InChI is InChI=1S/C13H20N4O/c1-17-5-4-12-10(9-17)7-14-13(16-12)15-8-11-3-2-6-18-11/h7,11H,2-6,8-9H2,1H3,(H,14,15,16)/t11-/m0/s1. The minimum absolute atomic E-state index is 0.329. The Labute approximate surface area is 108 Å². The fraction of sp³-hybridized carbons (Fsp3) is 0.692. The SMILES string of the molecule is CN1CCc2nc(NC[C@@H]3CCCO3)ncc2C1. The summed E-state index contributed by atoms with van der Waals surface area (Å²) in [6.07, 6.45) is 5.61. The van der Waals surface area contributed by atoms with E-state index in [1.165, 1.54) is 17.7 Å². The number of hydrogen-bond donors (Lipinski definition) is 1. The predicted octanol–water partition coefficient (Wildman–Crippen LogP) is 1.06. The number of hydrogen-bond acceptors (Lipinski definition) is 5. The lowest BCUT2D eigenvalue weighted by Gasteiger charge is -2.24. The normalized spacial score (nSPS) is 23.9. The van der Waals surface area contributed by atoms with Gasteiger partial charge >= 0.3 is 0 Å². The van der Waals surface area contributed by atoms with Crippen LogP contribution in [0.1, 0.15) is 24.1 Å². The van der Waals surface area contributed by atoms with E-state index in [0.29, 0.717) is 6.10 Å². The molecule has 2 aliphatic rings. The summed E-state index contributed by atoms with van der Waals surface area (Å²) >= 11 is 0. The van der Waals surface area contributed by atoms with Crippen molar-refractivity contribution in [2.45, 2.75) is 31.9 Å². The Morgan fingerprint density at radius 2 is 2.50 bits per heavy atom. The molecule has 0 radical (unpaired) electrons. The number of rotatable bonds is 3. The Bertz CT molecular complexity index is 417. The Hall–Kier alpha value is -1.20. The maximum atomic E-state index is 5.58. The monoisotopic (exact) mass is 248 g/mol. The van der Waals surface area contributed by atoms with Gasteiger partial charge in [0, 0.05) is 44.4 Å². The van der Waals surface area contributed by atoms with Crippen LogP contribution >= 0.6 is 0 Å². The summed E-state index contributed by atoms with van der Waals surface area (Å²) in [5, 5.41) is 3.29. The number of aromatic nitrogens is 2. The number of anilines is 1. The zero-order chi connectivity index (χ0) is 12.4. The minimum atomic E-state index is 0.329. The number of fused-ring (bicyclic) bond motifs is 1. The maximum absolute atomic E-state index is 5.58. The first-order chi connectivity index (χ1) is 8.81. The van der Waals surface area contributed by atoms with Crippen LogP contribution in [0.5, 0.6) is 0 Å². The van der Waals surface area contributed by atoms with Crippen LogP contribution in [0.2, 0.25) is 0 Å². The molecule has 98 valence electrons.